The molecule has 0 bridgehead atoms. The molecule has 0 radical (unpaired) electrons. The molecule has 0 saturated heterocycles. The summed E-state index contributed by atoms with van der Waals surface area (Å²) in [6.07, 6.45) is 0. The number of benzene rings is 14. The van der Waals surface area contributed by atoms with Gasteiger partial charge in [0, 0.05) is 33.5 Å². The SMILES string of the molecule is Cc1cc(-c2ccccc2)ccc1N(c1ccc(-c2ccc(-c3ccccc3)cc2)cc1)c1cc2c3ccccc3c(N(c3ccc(-c4ccc(-c5ccccc5)cc4)cc3)c3ccc(-c4ccccc4)cc3C)cc2c2ccccc12. The average Bonchev–Trinajstić information content (AvgIpc) is 3.54. The lowest BCUT2D eigenvalue weighted by Gasteiger charge is -2.31. The van der Waals surface area contributed by atoms with Gasteiger partial charge in [-0.2, -0.15) is 0 Å². The van der Waals surface area contributed by atoms with Gasteiger partial charge in [-0.3, -0.25) is 0 Å². The van der Waals surface area contributed by atoms with E-state index in [2.05, 4.69) is 339 Å². The van der Waals surface area contributed by atoms with Crippen LogP contribution in [-0.4, -0.2) is 0 Å². The largest absolute Gasteiger partial charge is 0.310 e. The highest BCUT2D eigenvalue weighted by Gasteiger charge is 2.24. The van der Waals surface area contributed by atoms with Crippen molar-refractivity contribution in [3.63, 3.8) is 0 Å². The molecule has 14 aromatic carbocycles. The van der Waals surface area contributed by atoms with Crippen molar-refractivity contribution in [2.75, 3.05) is 9.80 Å². The molecule has 14 rings (SSSR count). The molecule has 0 atom stereocenters. The zero-order chi connectivity index (χ0) is 54.9. The van der Waals surface area contributed by atoms with Gasteiger partial charge in [-0.1, -0.05) is 255 Å². The normalized spacial score (nSPS) is 11.3. The van der Waals surface area contributed by atoms with Crippen molar-refractivity contribution in [3.8, 4) is 66.8 Å². The summed E-state index contributed by atoms with van der Waals surface area (Å²) in [7, 11) is 0. The predicted molar refractivity (Wildman–Crippen MR) is 350 cm³/mol. The Kier molecular flexibility index (Phi) is 13.1. The summed E-state index contributed by atoms with van der Waals surface area (Å²) in [4.78, 5) is 4.97. The predicted octanol–water partition coefficient (Wildman–Crippen LogP) is 22.7. The number of hydrogen-bond acceptors (Lipinski definition) is 2. The highest BCUT2D eigenvalue weighted by atomic mass is 15.2. The summed E-state index contributed by atoms with van der Waals surface area (Å²) in [6.45, 7) is 4.50. The van der Waals surface area contributed by atoms with Crippen molar-refractivity contribution in [1.29, 1.82) is 0 Å². The van der Waals surface area contributed by atoms with Gasteiger partial charge in [0.15, 0.2) is 0 Å². The van der Waals surface area contributed by atoms with Crippen molar-refractivity contribution in [2.45, 2.75) is 13.8 Å². The molecule has 2 nitrogen and oxygen atoms in total. The Labute approximate surface area is 480 Å². The Morgan fingerprint density at radius 3 is 0.695 bits per heavy atom. The molecule has 0 aliphatic rings. The second kappa shape index (κ2) is 21.6. The minimum absolute atomic E-state index is 1.09. The third kappa shape index (κ3) is 9.46. The van der Waals surface area contributed by atoms with Gasteiger partial charge in [0.05, 0.1) is 11.4 Å². The summed E-state index contributed by atoms with van der Waals surface area (Å²) < 4.78 is 0. The van der Waals surface area contributed by atoms with Gasteiger partial charge in [-0.05, 0) is 174 Å². The molecular formula is C80H58N2. The van der Waals surface area contributed by atoms with E-state index in [1.807, 2.05) is 0 Å². The minimum atomic E-state index is 1.09. The van der Waals surface area contributed by atoms with Gasteiger partial charge in [0.1, 0.15) is 0 Å². The first-order valence-corrected chi connectivity index (χ1v) is 28.3. The number of hydrogen-bond donors (Lipinski definition) is 0. The minimum Gasteiger partial charge on any atom is -0.310 e. The van der Waals surface area contributed by atoms with E-state index in [1.54, 1.807) is 0 Å². The standard InChI is InChI=1S/C80H58N2/c1-55-51-67(59-23-11-5-12-24-59)43-49-77(55)81(69-45-39-65(40-46-69)63-35-31-61(32-36-63)57-19-7-3-8-20-57)79-53-75-72-28-16-18-30-74(72)80(54-76(75)71-27-15-17-29-73(71)79)82(78-50-44-68(52-56(78)2)60-25-13-6-14-26-60)70-47-41-66(42-48-70)64-37-33-62(34-38-64)58-21-9-4-10-22-58/h3-54H,1-2H3. The summed E-state index contributed by atoms with van der Waals surface area (Å²) in [5.74, 6) is 0. The summed E-state index contributed by atoms with van der Waals surface area (Å²) >= 11 is 0. The molecule has 2 heteroatoms. The fourth-order valence-electron chi connectivity index (χ4n) is 12.1. The number of aryl methyl sites for hydroxylation is 2. The third-order valence-electron chi connectivity index (χ3n) is 16.3. The molecule has 82 heavy (non-hydrogen) atoms. The molecule has 0 aromatic heterocycles. The fourth-order valence-corrected chi connectivity index (χ4v) is 12.1. The van der Waals surface area contributed by atoms with Gasteiger partial charge in [0.25, 0.3) is 0 Å². The maximum Gasteiger partial charge on any atom is 0.0546 e. The quantitative estimate of drug-likeness (QED) is 0.113. The fraction of sp³-hybridized carbons (Fsp3) is 0.0250. The monoisotopic (exact) mass is 1050 g/mol. The van der Waals surface area contributed by atoms with E-state index in [9.17, 15) is 0 Å². The molecule has 0 heterocycles. The van der Waals surface area contributed by atoms with Crippen LogP contribution in [0.4, 0.5) is 34.1 Å². The van der Waals surface area contributed by atoms with Crippen LogP contribution in [-0.2, 0) is 0 Å². The Morgan fingerprint density at radius 1 is 0.171 bits per heavy atom. The van der Waals surface area contributed by atoms with E-state index in [-0.39, 0.29) is 0 Å². The summed E-state index contributed by atoms with van der Waals surface area (Å²) in [6, 6.07) is 115. The molecule has 0 fully saturated rings. The van der Waals surface area contributed by atoms with E-state index < -0.39 is 0 Å². The van der Waals surface area contributed by atoms with E-state index in [0.717, 1.165) is 34.1 Å². The van der Waals surface area contributed by atoms with Crippen LogP contribution in [0.3, 0.4) is 0 Å². The molecule has 388 valence electrons. The van der Waals surface area contributed by atoms with E-state index in [4.69, 9.17) is 0 Å². The Morgan fingerprint density at radius 2 is 0.402 bits per heavy atom. The number of rotatable bonds is 12. The van der Waals surface area contributed by atoms with E-state index in [1.165, 1.54) is 110 Å². The number of nitrogens with zero attached hydrogens (tertiary/aromatic N) is 2. The average molecular weight is 1050 g/mol. The van der Waals surface area contributed by atoms with Crippen LogP contribution >= 0.6 is 0 Å². The molecule has 0 N–H and O–H groups in total. The lowest BCUT2D eigenvalue weighted by Crippen LogP contribution is -2.13. The van der Waals surface area contributed by atoms with Crippen LogP contribution in [0.25, 0.3) is 99.1 Å². The third-order valence-corrected chi connectivity index (χ3v) is 16.3. The van der Waals surface area contributed by atoms with Crippen LogP contribution in [0.2, 0.25) is 0 Å². The Bertz CT molecular complexity index is 4280. The van der Waals surface area contributed by atoms with Gasteiger partial charge < -0.3 is 9.80 Å². The Balaban J connectivity index is 0.933. The molecule has 0 aliphatic heterocycles. The van der Waals surface area contributed by atoms with Crippen molar-refractivity contribution < 1.29 is 0 Å². The highest BCUT2D eigenvalue weighted by molar-refractivity contribution is 6.24. The van der Waals surface area contributed by atoms with Crippen LogP contribution in [0.5, 0.6) is 0 Å². The second-order valence-electron chi connectivity index (χ2n) is 21.4. The molecule has 14 aromatic rings. The maximum absolute atomic E-state index is 2.48. The van der Waals surface area contributed by atoms with Crippen molar-refractivity contribution >= 4 is 66.4 Å². The zero-order valence-corrected chi connectivity index (χ0v) is 45.9. The smallest absolute Gasteiger partial charge is 0.0546 e. The van der Waals surface area contributed by atoms with Crippen LogP contribution < -0.4 is 9.80 Å². The second-order valence-corrected chi connectivity index (χ2v) is 21.4. The lowest BCUT2D eigenvalue weighted by molar-refractivity contribution is 1.26. The van der Waals surface area contributed by atoms with Gasteiger partial charge in [-0.25, -0.2) is 0 Å². The first-order valence-electron chi connectivity index (χ1n) is 28.3. The van der Waals surface area contributed by atoms with E-state index >= 15 is 0 Å². The molecule has 0 amide bonds. The molecule has 0 saturated carbocycles. The first kappa shape index (κ1) is 49.7. The van der Waals surface area contributed by atoms with Crippen LogP contribution in [0, 0.1) is 13.8 Å². The molecule has 0 spiro atoms. The number of anilines is 6. The van der Waals surface area contributed by atoms with Crippen molar-refractivity contribution in [3.05, 3.63) is 327 Å². The van der Waals surface area contributed by atoms with Crippen molar-refractivity contribution in [1.82, 2.24) is 0 Å². The first-order chi connectivity index (χ1) is 40.5. The van der Waals surface area contributed by atoms with Gasteiger partial charge in [-0.15, -0.1) is 0 Å². The molecular weight excluding hydrogens is 989 g/mol. The van der Waals surface area contributed by atoms with Gasteiger partial charge >= 0.3 is 0 Å². The van der Waals surface area contributed by atoms with Crippen LogP contribution in [0.15, 0.2) is 315 Å². The Hall–Kier alpha value is -10.5. The topological polar surface area (TPSA) is 6.48 Å². The molecule has 0 aliphatic carbocycles. The molecule has 0 unspecified atom stereocenters. The summed E-state index contributed by atoms with van der Waals surface area (Å²) in [5, 5.41) is 7.09. The van der Waals surface area contributed by atoms with Crippen LogP contribution in [0.1, 0.15) is 11.1 Å². The highest BCUT2D eigenvalue weighted by Crippen LogP contribution is 2.49. The lowest BCUT2D eigenvalue weighted by atomic mass is 9.92. The number of fused-ring (bicyclic) bond motifs is 5. The van der Waals surface area contributed by atoms with E-state index in [0.29, 0.717) is 0 Å². The van der Waals surface area contributed by atoms with Crippen molar-refractivity contribution in [2.24, 2.45) is 0 Å². The maximum atomic E-state index is 2.48. The summed E-state index contributed by atoms with van der Waals surface area (Å²) in [5.41, 5.74) is 23.4. The van der Waals surface area contributed by atoms with Gasteiger partial charge in [0.2, 0.25) is 0 Å². The zero-order valence-electron chi connectivity index (χ0n) is 45.9.